The molecule has 0 amide bonds. The Morgan fingerprint density at radius 2 is 2.12 bits per heavy atom. The van der Waals surface area contributed by atoms with Crippen molar-refractivity contribution in [3.8, 4) is 0 Å². The van der Waals surface area contributed by atoms with Crippen LogP contribution in [0.15, 0.2) is 0 Å². The minimum absolute atomic E-state index is 0.0114. The molecule has 1 aliphatic carbocycles. The lowest BCUT2D eigenvalue weighted by molar-refractivity contribution is 0.156. The molecule has 17 heavy (non-hydrogen) atoms. The molecule has 0 aliphatic heterocycles. The van der Waals surface area contributed by atoms with Crippen LogP contribution in [0.3, 0.4) is 0 Å². The van der Waals surface area contributed by atoms with Gasteiger partial charge >= 0.3 is 0 Å². The van der Waals surface area contributed by atoms with Crippen LogP contribution in [0.5, 0.6) is 0 Å². The number of nitrogens with one attached hydrogen (secondary N) is 1. The molecule has 1 saturated carbocycles. The van der Waals surface area contributed by atoms with Gasteiger partial charge in [0.1, 0.15) is 0 Å². The SMILES string of the molecule is CSC1(CNS(=O)(=O)CCOCCN)CCC1. The first-order valence-electron chi connectivity index (χ1n) is 5.84. The molecular formula is C10H22N2O3S2. The first kappa shape index (κ1) is 15.2. The predicted octanol–water partition coefficient (Wildman–Crippen LogP) is 0.167. The summed E-state index contributed by atoms with van der Waals surface area (Å²) in [7, 11) is -3.21. The largest absolute Gasteiger partial charge is 0.379 e. The summed E-state index contributed by atoms with van der Waals surface area (Å²) in [5, 5.41) is 0. The van der Waals surface area contributed by atoms with Gasteiger partial charge in [-0.2, -0.15) is 11.8 Å². The van der Waals surface area contributed by atoms with E-state index in [0.717, 1.165) is 12.8 Å². The molecule has 0 spiro atoms. The first-order valence-corrected chi connectivity index (χ1v) is 8.72. The molecule has 0 bridgehead atoms. The third-order valence-electron chi connectivity index (χ3n) is 3.07. The Kier molecular flexibility index (Phi) is 6.22. The highest BCUT2D eigenvalue weighted by Crippen LogP contribution is 2.42. The van der Waals surface area contributed by atoms with Crippen molar-refractivity contribution in [2.75, 3.05) is 38.3 Å². The number of ether oxygens (including phenoxy) is 1. The van der Waals surface area contributed by atoms with Crippen molar-refractivity contribution in [3.05, 3.63) is 0 Å². The Hall–Kier alpha value is 0.180. The molecule has 102 valence electrons. The van der Waals surface area contributed by atoms with E-state index in [0.29, 0.717) is 19.7 Å². The fourth-order valence-corrected chi connectivity index (χ4v) is 3.67. The molecule has 0 unspecified atom stereocenters. The molecule has 1 rings (SSSR count). The van der Waals surface area contributed by atoms with Crippen LogP contribution < -0.4 is 10.5 Å². The summed E-state index contributed by atoms with van der Waals surface area (Å²) in [6.07, 6.45) is 5.43. The molecule has 7 heteroatoms. The number of hydrogen-bond donors (Lipinski definition) is 2. The second-order valence-corrected chi connectivity index (χ2v) is 7.48. The molecule has 0 heterocycles. The quantitative estimate of drug-likeness (QED) is 0.589. The third-order valence-corrected chi connectivity index (χ3v) is 5.78. The molecule has 0 aromatic carbocycles. The standard InChI is InChI=1S/C10H22N2O3S2/c1-16-10(3-2-4-10)9-12-17(13,14)8-7-15-6-5-11/h12H,2-9,11H2,1H3. The molecule has 0 aromatic heterocycles. The van der Waals surface area contributed by atoms with Gasteiger partial charge in [-0.05, 0) is 19.1 Å². The van der Waals surface area contributed by atoms with Crippen molar-refractivity contribution < 1.29 is 13.2 Å². The van der Waals surface area contributed by atoms with E-state index in [4.69, 9.17) is 10.5 Å². The Bertz CT molecular complexity index is 310. The van der Waals surface area contributed by atoms with Crippen LogP contribution in [0.4, 0.5) is 0 Å². The van der Waals surface area contributed by atoms with Crippen LogP contribution >= 0.6 is 11.8 Å². The zero-order chi connectivity index (χ0) is 12.8. The topological polar surface area (TPSA) is 81.4 Å². The summed E-state index contributed by atoms with van der Waals surface area (Å²) in [6, 6.07) is 0. The van der Waals surface area contributed by atoms with E-state index in [1.165, 1.54) is 6.42 Å². The van der Waals surface area contributed by atoms with Crippen LogP contribution in [-0.2, 0) is 14.8 Å². The highest BCUT2D eigenvalue weighted by molar-refractivity contribution is 8.00. The molecule has 5 nitrogen and oxygen atoms in total. The summed E-state index contributed by atoms with van der Waals surface area (Å²) in [5.41, 5.74) is 5.24. The van der Waals surface area contributed by atoms with Crippen LogP contribution in [0.2, 0.25) is 0 Å². The van der Waals surface area contributed by atoms with Crippen LogP contribution in [0.25, 0.3) is 0 Å². The van der Waals surface area contributed by atoms with E-state index in [1.807, 2.05) is 6.26 Å². The molecular weight excluding hydrogens is 260 g/mol. The van der Waals surface area contributed by atoms with Gasteiger partial charge in [-0.1, -0.05) is 6.42 Å². The monoisotopic (exact) mass is 282 g/mol. The average Bonchev–Trinajstić information content (AvgIpc) is 2.24. The highest BCUT2D eigenvalue weighted by Gasteiger charge is 2.36. The van der Waals surface area contributed by atoms with Gasteiger partial charge in [-0.25, -0.2) is 13.1 Å². The van der Waals surface area contributed by atoms with Crippen LogP contribution in [-0.4, -0.2) is 51.5 Å². The van der Waals surface area contributed by atoms with Crippen molar-refractivity contribution in [1.82, 2.24) is 4.72 Å². The van der Waals surface area contributed by atoms with Gasteiger partial charge < -0.3 is 10.5 Å². The van der Waals surface area contributed by atoms with Crippen molar-refractivity contribution in [2.45, 2.75) is 24.0 Å². The normalized spacial score (nSPS) is 18.9. The highest BCUT2D eigenvalue weighted by atomic mass is 32.2. The molecule has 3 N–H and O–H groups in total. The van der Waals surface area contributed by atoms with Gasteiger partial charge in [0.2, 0.25) is 10.0 Å². The minimum atomic E-state index is -3.21. The van der Waals surface area contributed by atoms with E-state index < -0.39 is 10.0 Å². The van der Waals surface area contributed by atoms with E-state index in [2.05, 4.69) is 4.72 Å². The van der Waals surface area contributed by atoms with Crippen molar-refractivity contribution in [2.24, 2.45) is 5.73 Å². The van der Waals surface area contributed by atoms with Crippen molar-refractivity contribution >= 4 is 21.8 Å². The van der Waals surface area contributed by atoms with Gasteiger partial charge in [-0.3, -0.25) is 0 Å². The lowest BCUT2D eigenvalue weighted by Crippen LogP contribution is -2.46. The molecule has 0 saturated heterocycles. The molecule has 0 radical (unpaired) electrons. The predicted molar refractivity (Wildman–Crippen MR) is 71.8 cm³/mol. The first-order chi connectivity index (χ1) is 8.04. The maximum absolute atomic E-state index is 11.7. The third kappa shape index (κ3) is 5.13. The number of hydrogen-bond acceptors (Lipinski definition) is 5. The maximum Gasteiger partial charge on any atom is 0.213 e. The summed E-state index contributed by atoms with van der Waals surface area (Å²) < 4.78 is 31.2. The molecule has 1 aliphatic rings. The van der Waals surface area contributed by atoms with Gasteiger partial charge in [0.25, 0.3) is 0 Å². The second kappa shape index (κ2) is 6.94. The zero-order valence-corrected chi connectivity index (χ0v) is 11.9. The number of sulfonamides is 1. The Labute approximate surface area is 108 Å². The van der Waals surface area contributed by atoms with E-state index >= 15 is 0 Å². The zero-order valence-electron chi connectivity index (χ0n) is 10.3. The lowest BCUT2D eigenvalue weighted by atomic mass is 9.84. The van der Waals surface area contributed by atoms with E-state index in [9.17, 15) is 8.42 Å². The number of thioether (sulfide) groups is 1. The van der Waals surface area contributed by atoms with Gasteiger partial charge in [0.05, 0.1) is 19.0 Å². The van der Waals surface area contributed by atoms with Crippen molar-refractivity contribution in [3.63, 3.8) is 0 Å². The fraction of sp³-hybridized carbons (Fsp3) is 1.00. The van der Waals surface area contributed by atoms with Gasteiger partial charge in [0, 0.05) is 17.8 Å². The second-order valence-electron chi connectivity index (χ2n) is 4.28. The molecule has 0 atom stereocenters. The van der Waals surface area contributed by atoms with E-state index in [1.54, 1.807) is 11.8 Å². The fourth-order valence-electron chi connectivity index (χ4n) is 1.69. The van der Waals surface area contributed by atoms with E-state index in [-0.39, 0.29) is 17.1 Å². The Morgan fingerprint density at radius 1 is 1.41 bits per heavy atom. The Morgan fingerprint density at radius 3 is 2.59 bits per heavy atom. The number of nitrogens with two attached hydrogens (primary N) is 1. The average molecular weight is 282 g/mol. The Balaban J connectivity index is 2.24. The van der Waals surface area contributed by atoms with Crippen LogP contribution in [0.1, 0.15) is 19.3 Å². The van der Waals surface area contributed by atoms with Gasteiger partial charge in [-0.15, -0.1) is 0 Å². The summed E-state index contributed by atoms with van der Waals surface area (Å²) in [6.45, 7) is 1.57. The van der Waals surface area contributed by atoms with Gasteiger partial charge in [0.15, 0.2) is 0 Å². The summed E-state index contributed by atoms with van der Waals surface area (Å²) >= 11 is 1.76. The summed E-state index contributed by atoms with van der Waals surface area (Å²) in [4.78, 5) is 0. The summed E-state index contributed by atoms with van der Waals surface area (Å²) in [5.74, 6) is 0.0114. The molecule has 1 fully saturated rings. The van der Waals surface area contributed by atoms with Crippen molar-refractivity contribution in [1.29, 1.82) is 0 Å². The smallest absolute Gasteiger partial charge is 0.213 e. The van der Waals surface area contributed by atoms with Crippen LogP contribution in [0, 0.1) is 0 Å². The lowest BCUT2D eigenvalue weighted by Gasteiger charge is -2.40. The number of rotatable bonds is 9. The molecule has 0 aromatic rings. The minimum Gasteiger partial charge on any atom is -0.379 e. The maximum atomic E-state index is 11.7.